The number of rotatable bonds is 2. The van der Waals surface area contributed by atoms with Crippen LogP contribution in [0.4, 0.5) is 0 Å². The Labute approximate surface area is 100 Å². The number of nitrogens with zero attached hydrogens (tertiary/aromatic N) is 2. The SMILES string of the molecule is CC=NC1=C(C(=N)Cl)CCCN(C(C)=O)C1. The standard InChI is InChI=1S/C11H16ClN3O/c1-3-14-10-7-15(8(2)16)6-4-5-9(10)11(12)13/h3,13H,4-7H2,1-2H3. The van der Waals surface area contributed by atoms with Gasteiger partial charge in [0.2, 0.25) is 5.91 Å². The summed E-state index contributed by atoms with van der Waals surface area (Å²) in [5.41, 5.74) is 1.48. The van der Waals surface area contributed by atoms with Gasteiger partial charge < -0.3 is 4.90 Å². The lowest BCUT2D eigenvalue weighted by Crippen LogP contribution is -2.30. The van der Waals surface area contributed by atoms with Crippen LogP contribution < -0.4 is 0 Å². The number of allylic oxidation sites excluding steroid dienone is 1. The first-order valence-corrected chi connectivity index (χ1v) is 5.64. The van der Waals surface area contributed by atoms with E-state index in [1.54, 1.807) is 18.0 Å². The lowest BCUT2D eigenvalue weighted by Gasteiger charge is -2.18. The molecule has 5 heteroatoms. The molecule has 1 heterocycles. The predicted octanol–water partition coefficient (Wildman–Crippen LogP) is 2.19. The molecule has 1 aliphatic rings. The van der Waals surface area contributed by atoms with Crippen molar-refractivity contribution in [3.8, 4) is 0 Å². The van der Waals surface area contributed by atoms with Gasteiger partial charge in [0.05, 0.1) is 12.2 Å². The predicted molar refractivity (Wildman–Crippen MR) is 66.3 cm³/mol. The van der Waals surface area contributed by atoms with E-state index in [2.05, 4.69) is 4.99 Å². The first-order valence-electron chi connectivity index (χ1n) is 5.27. The van der Waals surface area contributed by atoms with E-state index in [9.17, 15) is 4.79 Å². The highest BCUT2D eigenvalue weighted by Gasteiger charge is 2.19. The molecule has 0 aliphatic carbocycles. The third-order valence-corrected chi connectivity index (χ3v) is 2.77. The first-order chi connectivity index (χ1) is 7.56. The number of carbonyl (C=O) groups is 1. The summed E-state index contributed by atoms with van der Waals surface area (Å²) < 4.78 is 0. The highest BCUT2D eigenvalue weighted by atomic mass is 35.5. The molecule has 0 radical (unpaired) electrons. The Balaban J connectivity index is 3.02. The molecule has 4 nitrogen and oxygen atoms in total. The molecule has 0 saturated heterocycles. The molecule has 1 N–H and O–H groups in total. The number of amides is 1. The molecule has 0 unspecified atom stereocenters. The van der Waals surface area contributed by atoms with Crippen molar-refractivity contribution in [1.82, 2.24) is 4.90 Å². The van der Waals surface area contributed by atoms with Gasteiger partial charge in [-0.2, -0.15) is 0 Å². The van der Waals surface area contributed by atoms with Gasteiger partial charge in [0.1, 0.15) is 5.17 Å². The summed E-state index contributed by atoms with van der Waals surface area (Å²) in [4.78, 5) is 17.3. The quantitative estimate of drug-likeness (QED) is 0.741. The average molecular weight is 242 g/mol. The van der Waals surface area contributed by atoms with Gasteiger partial charge in [0, 0.05) is 25.3 Å². The molecular formula is C11H16ClN3O. The van der Waals surface area contributed by atoms with Crippen molar-refractivity contribution in [1.29, 1.82) is 5.41 Å². The van der Waals surface area contributed by atoms with Crippen LogP contribution in [0.15, 0.2) is 16.3 Å². The second-order valence-electron chi connectivity index (χ2n) is 3.67. The summed E-state index contributed by atoms with van der Waals surface area (Å²) in [6, 6.07) is 0. The van der Waals surface area contributed by atoms with E-state index >= 15 is 0 Å². The van der Waals surface area contributed by atoms with Gasteiger partial charge in [0.25, 0.3) is 0 Å². The van der Waals surface area contributed by atoms with Crippen LogP contribution in [0.5, 0.6) is 0 Å². The van der Waals surface area contributed by atoms with Gasteiger partial charge in [-0.1, -0.05) is 11.6 Å². The minimum atomic E-state index is 0.0333. The fourth-order valence-electron chi connectivity index (χ4n) is 1.73. The Hall–Kier alpha value is -1.16. The summed E-state index contributed by atoms with van der Waals surface area (Å²) in [5.74, 6) is 0.0335. The van der Waals surface area contributed by atoms with Gasteiger partial charge in [-0.15, -0.1) is 0 Å². The summed E-state index contributed by atoms with van der Waals surface area (Å²) in [7, 11) is 0. The van der Waals surface area contributed by atoms with Crippen molar-refractivity contribution < 1.29 is 4.79 Å². The number of nitrogens with one attached hydrogen (secondary N) is 1. The monoisotopic (exact) mass is 241 g/mol. The van der Waals surface area contributed by atoms with Crippen molar-refractivity contribution in [2.75, 3.05) is 13.1 Å². The molecule has 0 atom stereocenters. The molecule has 0 fully saturated rings. The smallest absolute Gasteiger partial charge is 0.219 e. The van der Waals surface area contributed by atoms with Crippen LogP contribution in [0.25, 0.3) is 0 Å². The molecule has 1 amide bonds. The highest BCUT2D eigenvalue weighted by molar-refractivity contribution is 6.68. The van der Waals surface area contributed by atoms with E-state index in [0.717, 1.165) is 17.7 Å². The molecule has 0 aromatic carbocycles. The molecule has 0 saturated carbocycles. The molecular weight excluding hydrogens is 226 g/mol. The van der Waals surface area contributed by atoms with Crippen molar-refractivity contribution >= 4 is 28.9 Å². The van der Waals surface area contributed by atoms with Crippen LogP contribution in [-0.2, 0) is 4.79 Å². The minimum Gasteiger partial charge on any atom is -0.337 e. The third kappa shape index (κ3) is 3.17. The van der Waals surface area contributed by atoms with E-state index in [-0.39, 0.29) is 11.1 Å². The lowest BCUT2D eigenvalue weighted by atomic mass is 10.1. The molecule has 88 valence electrons. The summed E-state index contributed by atoms with van der Waals surface area (Å²) in [6.45, 7) is 4.51. The zero-order chi connectivity index (χ0) is 12.1. The number of hydrogen-bond acceptors (Lipinski definition) is 3. The van der Waals surface area contributed by atoms with E-state index in [1.807, 2.05) is 6.92 Å². The van der Waals surface area contributed by atoms with E-state index in [0.29, 0.717) is 19.5 Å². The molecule has 0 aromatic heterocycles. The van der Waals surface area contributed by atoms with Crippen molar-refractivity contribution in [3.05, 3.63) is 11.3 Å². The van der Waals surface area contributed by atoms with Crippen molar-refractivity contribution in [3.63, 3.8) is 0 Å². The third-order valence-electron chi connectivity index (χ3n) is 2.54. The Bertz CT molecular complexity index is 360. The Morgan fingerprint density at radius 3 is 2.81 bits per heavy atom. The molecule has 0 bridgehead atoms. The van der Waals surface area contributed by atoms with Gasteiger partial charge in [-0.05, 0) is 19.8 Å². The van der Waals surface area contributed by atoms with Gasteiger partial charge in [-0.25, -0.2) is 0 Å². The largest absolute Gasteiger partial charge is 0.337 e. The second kappa shape index (κ2) is 5.80. The molecule has 16 heavy (non-hydrogen) atoms. The molecule has 1 rings (SSSR count). The summed E-state index contributed by atoms with van der Waals surface area (Å²) in [5, 5.41) is 7.53. The number of carbonyl (C=O) groups excluding carboxylic acids is 1. The van der Waals surface area contributed by atoms with Crippen LogP contribution in [0.1, 0.15) is 26.7 Å². The zero-order valence-electron chi connectivity index (χ0n) is 9.59. The highest BCUT2D eigenvalue weighted by Crippen LogP contribution is 2.21. The Morgan fingerprint density at radius 2 is 2.31 bits per heavy atom. The number of aliphatic imine (C=N–C) groups is 1. The summed E-state index contributed by atoms with van der Waals surface area (Å²) >= 11 is 5.73. The average Bonchev–Trinajstić information content (AvgIpc) is 2.40. The van der Waals surface area contributed by atoms with Crippen molar-refractivity contribution in [2.24, 2.45) is 4.99 Å². The minimum absolute atomic E-state index is 0.0333. The molecule has 1 aliphatic heterocycles. The van der Waals surface area contributed by atoms with Crippen LogP contribution in [-0.4, -0.2) is 35.3 Å². The van der Waals surface area contributed by atoms with E-state index < -0.39 is 0 Å². The zero-order valence-corrected chi connectivity index (χ0v) is 10.3. The number of halogens is 1. The van der Waals surface area contributed by atoms with Crippen LogP contribution in [0, 0.1) is 5.41 Å². The van der Waals surface area contributed by atoms with E-state index in [4.69, 9.17) is 17.0 Å². The van der Waals surface area contributed by atoms with Crippen LogP contribution >= 0.6 is 11.6 Å². The lowest BCUT2D eigenvalue weighted by molar-refractivity contribution is -0.128. The topological polar surface area (TPSA) is 56.5 Å². The van der Waals surface area contributed by atoms with Gasteiger partial charge in [0.15, 0.2) is 0 Å². The Kier molecular flexibility index (Phi) is 4.68. The fourth-order valence-corrected chi connectivity index (χ4v) is 1.93. The number of hydrogen-bond donors (Lipinski definition) is 1. The van der Waals surface area contributed by atoms with Gasteiger partial charge >= 0.3 is 0 Å². The van der Waals surface area contributed by atoms with E-state index in [1.165, 1.54) is 0 Å². The summed E-state index contributed by atoms with van der Waals surface area (Å²) in [6.07, 6.45) is 3.20. The maximum Gasteiger partial charge on any atom is 0.219 e. The fraction of sp³-hybridized carbons (Fsp3) is 0.545. The van der Waals surface area contributed by atoms with Crippen LogP contribution in [0.2, 0.25) is 0 Å². The molecule has 0 aromatic rings. The van der Waals surface area contributed by atoms with Crippen molar-refractivity contribution in [2.45, 2.75) is 26.7 Å². The first kappa shape index (κ1) is 12.9. The maximum atomic E-state index is 11.3. The second-order valence-corrected chi connectivity index (χ2v) is 4.05. The Morgan fingerprint density at radius 1 is 1.62 bits per heavy atom. The molecule has 0 spiro atoms. The van der Waals surface area contributed by atoms with Crippen LogP contribution in [0.3, 0.4) is 0 Å². The maximum absolute atomic E-state index is 11.3. The normalized spacial score (nSPS) is 17.8. The van der Waals surface area contributed by atoms with Gasteiger partial charge in [-0.3, -0.25) is 15.2 Å².